The van der Waals surface area contributed by atoms with Crippen LogP contribution in [0.3, 0.4) is 0 Å². The van der Waals surface area contributed by atoms with Crippen LogP contribution in [0.5, 0.6) is 17.2 Å². The molecule has 3 aromatic rings. The lowest BCUT2D eigenvalue weighted by atomic mass is 10.1. The SMILES string of the molecule is COc1ccc(CNC(=O)c2cc3n(n2)CC(c2ccc4c(c2)OCO4)OC3)cc1. The molecule has 1 amide bonds. The number of carbonyl (C=O) groups is 1. The highest BCUT2D eigenvalue weighted by Gasteiger charge is 2.25. The minimum Gasteiger partial charge on any atom is -0.497 e. The van der Waals surface area contributed by atoms with Crippen molar-refractivity contribution in [1.29, 1.82) is 0 Å². The third kappa shape index (κ3) is 3.57. The Labute approximate surface area is 173 Å². The van der Waals surface area contributed by atoms with Crippen molar-refractivity contribution in [3.05, 3.63) is 71.0 Å². The lowest BCUT2D eigenvalue weighted by Crippen LogP contribution is -2.24. The van der Waals surface area contributed by atoms with Gasteiger partial charge in [0.2, 0.25) is 6.79 Å². The summed E-state index contributed by atoms with van der Waals surface area (Å²) in [6.07, 6.45) is -0.165. The maximum Gasteiger partial charge on any atom is 0.272 e. The van der Waals surface area contributed by atoms with Gasteiger partial charge >= 0.3 is 0 Å². The van der Waals surface area contributed by atoms with Crippen LogP contribution in [0.25, 0.3) is 0 Å². The van der Waals surface area contributed by atoms with E-state index in [0.29, 0.717) is 25.4 Å². The van der Waals surface area contributed by atoms with Crippen molar-refractivity contribution < 1.29 is 23.7 Å². The number of ether oxygens (including phenoxy) is 4. The van der Waals surface area contributed by atoms with E-state index in [0.717, 1.165) is 34.1 Å². The van der Waals surface area contributed by atoms with Crippen molar-refractivity contribution in [2.24, 2.45) is 0 Å². The fraction of sp³-hybridized carbons (Fsp3) is 0.273. The summed E-state index contributed by atoms with van der Waals surface area (Å²) >= 11 is 0. The summed E-state index contributed by atoms with van der Waals surface area (Å²) < 4.78 is 23.8. The van der Waals surface area contributed by atoms with Crippen LogP contribution >= 0.6 is 0 Å². The third-order valence-electron chi connectivity index (χ3n) is 5.25. The second-order valence-corrected chi connectivity index (χ2v) is 7.15. The lowest BCUT2D eigenvalue weighted by molar-refractivity contribution is -0.00128. The lowest BCUT2D eigenvalue weighted by Gasteiger charge is -2.24. The Bertz CT molecular complexity index is 1080. The quantitative estimate of drug-likeness (QED) is 0.700. The number of hydrogen-bond acceptors (Lipinski definition) is 6. The Hall–Kier alpha value is -3.52. The Balaban J connectivity index is 1.24. The molecule has 0 fully saturated rings. The monoisotopic (exact) mass is 407 g/mol. The van der Waals surface area contributed by atoms with E-state index >= 15 is 0 Å². The Morgan fingerprint density at radius 3 is 2.83 bits per heavy atom. The van der Waals surface area contributed by atoms with Crippen molar-refractivity contribution in [1.82, 2.24) is 15.1 Å². The molecular weight excluding hydrogens is 386 g/mol. The number of nitrogens with zero attached hydrogens (tertiary/aromatic N) is 2. The van der Waals surface area contributed by atoms with Crippen LogP contribution in [0, 0.1) is 0 Å². The number of nitrogens with one attached hydrogen (secondary N) is 1. The smallest absolute Gasteiger partial charge is 0.272 e. The van der Waals surface area contributed by atoms with Crippen LogP contribution in [0.1, 0.15) is 33.4 Å². The molecule has 0 radical (unpaired) electrons. The summed E-state index contributed by atoms with van der Waals surface area (Å²) in [5.74, 6) is 2.03. The van der Waals surface area contributed by atoms with E-state index in [4.69, 9.17) is 18.9 Å². The molecule has 3 heterocycles. The number of methoxy groups -OCH3 is 1. The maximum absolute atomic E-state index is 12.6. The Morgan fingerprint density at radius 1 is 1.17 bits per heavy atom. The minimum absolute atomic E-state index is 0.165. The predicted molar refractivity (Wildman–Crippen MR) is 106 cm³/mol. The highest BCUT2D eigenvalue weighted by Crippen LogP contribution is 2.36. The number of fused-ring (bicyclic) bond motifs is 2. The second-order valence-electron chi connectivity index (χ2n) is 7.15. The first-order chi connectivity index (χ1) is 14.7. The van der Waals surface area contributed by atoms with E-state index in [9.17, 15) is 4.79 Å². The highest BCUT2D eigenvalue weighted by molar-refractivity contribution is 5.92. The Morgan fingerprint density at radius 2 is 2.00 bits per heavy atom. The number of carbonyl (C=O) groups excluding carboxylic acids is 1. The molecule has 5 rings (SSSR count). The van der Waals surface area contributed by atoms with Gasteiger partial charge in [0, 0.05) is 6.54 Å². The number of aromatic nitrogens is 2. The fourth-order valence-corrected chi connectivity index (χ4v) is 3.57. The van der Waals surface area contributed by atoms with E-state index < -0.39 is 0 Å². The van der Waals surface area contributed by atoms with Crippen molar-refractivity contribution in [2.75, 3.05) is 13.9 Å². The molecule has 8 heteroatoms. The average Bonchev–Trinajstić information content (AvgIpc) is 3.43. The second kappa shape index (κ2) is 7.72. The van der Waals surface area contributed by atoms with Crippen LogP contribution in [0.2, 0.25) is 0 Å². The van der Waals surface area contributed by atoms with Crippen LogP contribution < -0.4 is 19.5 Å². The molecule has 2 aliphatic rings. The number of benzene rings is 2. The van der Waals surface area contributed by atoms with Gasteiger partial charge in [-0.3, -0.25) is 9.48 Å². The summed E-state index contributed by atoms with van der Waals surface area (Å²) in [5, 5.41) is 7.39. The summed E-state index contributed by atoms with van der Waals surface area (Å²) in [7, 11) is 1.62. The third-order valence-corrected chi connectivity index (χ3v) is 5.25. The van der Waals surface area contributed by atoms with Gasteiger partial charge in [-0.15, -0.1) is 0 Å². The topological polar surface area (TPSA) is 83.8 Å². The molecule has 1 unspecified atom stereocenters. The van der Waals surface area contributed by atoms with Crippen molar-refractivity contribution in [2.45, 2.75) is 25.8 Å². The largest absolute Gasteiger partial charge is 0.497 e. The van der Waals surface area contributed by atoms with Gasteiger partial charge in [-0.2, -0.15) is 5.10 Å². The molecule has 2 aliphatic heterocycles. The van der Waals surface area contributed by atoms with Gasteiger partial charge in [0.15, 0.2) is 17.2 Å². The zero-order chi connectivity index (χ0) is 20.5. The van der Waals surface area contributed by atoms with Gasteiger partial charge in [-0.1, -0.05) is 18.2 Å². The molecular formula is C22H21N3O5. The summed E-state index contributed by atoms with van der Waals surface area (Å²) in [4.78, 5) is 12.6. The zero-order valence-electron chi connectivity index (χ0n) is 16.5. The Kier molecular flexibility index (Phi) is 4.76. The van der Waals surface area contributed by atoms with E-state index in [1.165, 1.54) is 0 Å². The first kappa shape index (κ1) is 18.5. The molecule has 1 atom stereocenters. The maximum atomic E-state index is 12.6. The molecule has 1 N–H and O–H groups in total. The molecule has 0 bridgehead atoms. The van der Waals surface area contributed by atoms with Gasteiger partial charge in [-0.25, -0.2) is 0 Å². The summed E-state index contributed by atoms with van der Waals surface area (Å²) in [6, 6.07) is 15.1. The van der Waals surface area contributed by atoms with Gasteiger partial charge in [-0.05, 0) is 41.5 Å². The average molecular weight is 407 g/mol. The van der Waals surface area contributed by atoms with Gasteiger partial charge < -0.3 is 24.3 Å². The van der Waals surface area contributed by atoms with Gasteiger partial charge in [0.05, 0.1) is 26.0 Å². The van der Waals surface area contributed by atoms with Crippen LogP contribution in [-0.2, 0) is 24.4 Å². The van der Waals surface area contributed by atoms with E-state index in [2.05, 4.69) is 10.4 Å². The first-order valence-electron chi connectivity index (χ1n) is 9.68. The van der Waals surface area contributed by atoms with E-state index in [1.54, 1.807) is 13.2 Å². The fourth-order valence-electron chi connectivity index (χ4n) is 3.57. The van der Waals surface area contributed by atoms with Crippen LogP contribution in [-0.4, -0.2) is 29.6 Å². The molecule has 0 saturated heterocycles. The van der Waals surface area contributed by atoms with E-state index in [1.807, 2.05) is 47.1 Å². The van der Waals surface area contributed by atoms with Crippen LogP contribution in [0.4, 0.5) is 0 Å². The molecule has 0 saturated carbocycles. The first-order valence-corrected chi connectivity index (χ1v) is 9.68. The summed E-state index contributed by atoms with van der Waals surface area (Å²) in [5.41, 5.74) is 3.24. The molecule has 1 aromatic heterocycles. The molecule has 30 heavy (non-hydrogen) atoms. The van der Waals surface area contributed by atoms with Crippen molar-refractivity contribution in [3.63, 3.8) is 0 Å². The molecule has 8 nitrogen and oxygen atoms in total. The highest BCUT2D eigenvalue weighted by atomic mass is 16.7. The number of rotatable bonds is 5. The minimum atomic E-state index is -0.215. The normalized spacial score (nSPS) is 16.8. The summed E-state index contributed by atoms with van der Waals surface area (Å²) in [6.45, 7) is 1.57. The predicted octanol–water partition coefficient (Wildman–Crippen LogP) is 2.82. The van der Waals surface area contributed by atoms with Crippen LogP contribution in [0.15, 0.2) is 48.5 Å². The molecule has 154 valence electrons. The zero-order valence-corrected chi connectivity index (χ0v) is 16.5. The number of hydrogen-bond donors (Lipinski definition) is 1. The molecule has 2 aromatic carbocycles. The van der Waals surface area contributed by atoms with E-state index in [-0.39, 0.29) is 18.8 Å². The van der Waals surface area contributed by atoms with Gasteiger partial charge in [0.1, 0.15) is 11.9 Å². The van der Waals surface area contributed by atoms with Crippen molar-refractivity contribution >= 4 is 5.91 Å². The molecule has 0 spiro atoms. The standard InChI is InChI=1S/C22H21N3O5/c1-27-17-5-2-14(3-6-17)10-23-22(26)18-9-16-12-28-21(11-25(16)24-18)15-4-7-19-20(8-15)30-13-29-19/h2-9,21H,10-13H2,1H3,(H,23,26). The van der Waals surface area contributed by atoms with Crippen molar-refractivity contribution in [3.8, 4) is 17.2 Å². The van der Waals surface area contributed by atoms with Gasteiger partial charge in [0.25, 0.3) is 5.91 Å². The molecule has 0 aliphatic carbocycles. The number of amides is 1.